The fourth-order valence-corrected chi connectivity index (χ4v) is 8.69. The normalized spacial score (nSPS) is 32.1. The molecule has 4 aliphatic rings. The van der Waals surface area contributed by atoms with Crippen molar-refractivity contribution in [3.05, 3.63) is 24.3 Å². The Labute approximate surface area is 246 Å². The molecule has 8 nitrogen and oxygen atoms in total. The molecule has 0 spiro atoms. The van der Waals surface area contributed by atoms with Gasteiger partial charge in [0, 0.05) is 64.7 Å². The van der Waals surface area contributed by atoms with Gasteiger partial charge < -0.3 is 29.9 Å². The molecule has 2 aliphatic heterocycles. The zero-order valence-electron chi connectivity index (χ0n) is 26.0. The van der Waals surface area contributed by atoms with Crippen LogP contribution < -0.4 is 15.0 Å². The maximum Gasteiger partial charge on any atom is 0.222 e. The van der Waals surface area contributed by atoms with Gasteiger partial charge in [0.25, 0.3) is 0 Å². The number of benzene rings is 1. The summed E-state index contributed by atoms with van der Waals surface area (Å²) in [6.07, 6.45) is 6.98. The number of fused-ring (bicyclic) bond motifs is 1. The molecule has 0 bridgehead atoms. The lowest BCUT2D eigenvalue weighted by atomic mass is 9.57. The van der Waals surface area contributed by atoms with E-state index in [9.17, 15) is 14.7 Å². The highest BCUT2D eigenvalue weighted by Gasteiger charge is 2.61. The Morgan fingerprint density at radius 1 is 0.976 bits per heavy atom. The number of anilines is 1. The minimum absolute atomic E-state index is 0.00165. The van der Waals surface area contributed by atoms with Crippen molar-refractivity contribution in [1.29, 1.82) is 0 Å². The van der Waals surface area contributed by atoms with E-state index in [1.165, 1.54) is 0 Å². The molecular weight excluding hydrogens is 516 g/mol. The number of carbonyl (C=O) groups is 2. The zero-order chi connectivity index (χ0) is 29.4. The topological polar surface area (TPSA) is 85.3 Å². The van der Waals surface area contributed by atoms with Gasteiger partial charge in [-0.3, -0.25) is 9.59 Å². The molecule has 5 rings (SSSR count). The van der Waals surface area contributed by atoms with Gasteiger partial charge in [0.05, 0.1) is 18.4 Å². The molecule has 2 heterocycles. The van der Waals surface area contributed by atoms with Crippen molar-refractivity contribution in [1.82, 2.24) is 15.1 Å². The van der Waals surface area contributed by atoms with E-state index in [-0.39, 0.29) is 22.6 Å². The highest BCUT2D eigenvalue weighted by molar-refractivity contribution is 5.76. The van der Waals surface area contributed by atoms with Crippen LogP contribution in [0.2, 0.25) is 0 Å². The van der Waals surface area contributed by atoms with Gasteiger partial charge in [-0.05, 0) is 80.8 Å². The molecule has 4 atom stereocenters. The van der Waals surface area contributed by atoms with E-state index in [2.05, 4.69) is 35.0 Å². The summed E-state index contributed by atoms with van der Waals surface area (Å²) in [5.74, 6) is 1.66. The molecule has 1 aromatic rings. The highest BCUT2D eigenvalue weighted by Crippen LogP contribution is 2.64. The minimum Gasteiger partial charge on any atom is -0.495 e. The predicted octanol–water partition coefficient (Wildman–Crippen LogP) is 4.06. The Kier molecular flexibility index (Phi) is 8.64. The molecule has 0 aromatic heterocycles. The number of hydrogen-bond donors (Lipinski definition) is 2. The number of piperidine rings is 1. The van der Waals surface area contributed by atoms with Crippen LogP contribution in [0.1, 0.15) is 79.1 Å². The van der Waals surface area contributed by atoms with Gasteiger partial charge in [0.2, 0.25) is 11.8 Å². The third-order valence-corrected chi connectivity index (χ3v) is 11.1. The number of para-hydroxylation sites is 2. The number of likely N-dealkylation sites (tertiary alicyclic amines) is 1. The van der Waals surface area contributed by atoms with Crippen LogP contribution in [0, 0.1) is 16.7 Å². The molecule has 41 heavy (non-hydrogen) atoms. The smallest absolute Gasteiger partial charge is 0.222 e. The van der Waals surface area contributed by atoms with E-state index in [1.54, 1.807) is 14.0 Å². The summed E-state index contributed by atoms with van der Waals surface area (Å²) in [7, 11) is 1.71. The van der Waals surface area contributed by atoms with Crippen molar-refractivity contribution in [3.63, 3.8) is 0 Å². The fraction of sp³-hybridized carbons (Fsp3) is 0.758. The average molecular weight is 569 g/mol. The van der Waals surface area contributed by atoms with Crippen LogP contribution in [0.25, 0.3) is 0 Å². The Hall–Kier alpha value is -2.32. The molecule has 2 saturated carbocycles. The first-order valence-corrected chi connectivity index (χ1v) is 15.8. The summed E-state index contributed by atoms with van der Waals surface area (Å²) in [5, 5.41) is 15.2. The molecule has 0 unspecified atom stereocenters. The number of ether oxygens (including phenoxy) is 1. The second-order valence-electron chi connectivity index (χ2n) is 14.2. The summed E-state index contributed by atoms with van der Waals surface area (Å²) in [6, 6.07) is 8.82. The van der Waals surface area contributed by atoms with Gasteiger partial charge in [0.1, 0.15) is 5.75 Å². The maximum atomic E-state index is 13.7. The largest absolute Gasteiger partial charge is 0.495 e. The quantitative estimate of drug-likeness (QED) is 0.516. The summed E-state index contributed by atoms with van der Waals surface area (Å²) >= 11 is 0. The summed E-state index contributed by atoms with van der Waals surface area (Å²) in [5.41, 5.74) is 0.532. The molecule has 2 aliphatic carbocycles. The van der Waals surface area contributed by atoms with Crippen LogP contribution in [-0.2, 0) is 9.59 Å². The fourth-order valence-electron chi connectivity index (χ4n) is 8.69. The predicted molar refractivity (Wildman–Crippen MR) is 162 cm³/mol. The summed E-state index contributed by atoms with van der Waals surface area (Å²) in [6.45, 7) is 13.1. The van der Waals surface area contributed by atoms with Crippen LogP contribution in [0.4, 0.5) is 5.69 Å². The Morgan fingerprint density at radius 2 is 1.66 bits per heavy atom. The van der Waals surface area contributed by atoms with Crippen LogP contribution in [-0.4, -0.2) is 90.8 Å². The molecule has 0 radical (unpaired) electrons. The van der Waals surface area contributed by atoms with Crippen LogP contribution in [0.3, 0.4) is 0 Å². The second-order valence-corrected chi connectivity index (χ2v) is 14.2. The third kappa shape index (κ3) is 6.24. The van der Waals surface area contributed by atoms with Gasteiger partial charge in [-0.25, -0.2) is 0 Å². The van der Waals surface area contributed by atoms with Gasteiger partial charge >= 0.3 is 0 Å². The first-order chi connectivity index (χ1) is 19.4. The van der Waals surface area contributed by atoms with Gasteiger partial charge in [-0.2, -0.15) is 0 Å². The van der Waals surface area contributed by atoms with Gasteiger partial charge in [-0.1, -0.05) is 26.0 Å². The van der Waals surface area contributed by atoms with Crippen molar-refractivity contribution < 1.29 is 19.4 Å². The first kappa shape index (κ1) is 30.1. The lowest BCUT2D eigenvalue weighted by molar-refractivity contribution is -0.133. The molecule has 2 N–H and O–H groups in total. The average Bonchev–Trinajstić information content (AvgIpc) is 3.16. The molecule has 228 valence electrons. The molecule has 2 saturated heterocycles. The number of aliphatic hydroxyl groups is 1. The Bertz CT molecular complexity index is 1090. The van der Waals surface area contributed by atoms with E-state index in [1.807, 2.05) is 30.0 Å². The van der Waals surface area contributed by atoms with Gasteiger partial charge in [-0.15, -0.1) is 0 Å². The number of nitrogens with one attached hydrogen (secondary N) is 1. The molecule has 2 amide bonds. The lowest BCUT2D eigenvalue weighted by Crippen LogP contribution is -2.55. The van der Waals surface area contributed by atoms with E-state index in [0.717, 1.165) is 95.7 Å². The minimum atomic E-state index is -0.647. The summed E-state index contributed by atoms with van der Waals surface area (Å²) in [4.78, 5) is 31.9. The monoisotopic (exact) mass is 568 g/mol. The molecule has 8 heteroatoms. The first-order valence-electron chi connectivity index (χ1n) is 15.8. The molecule has 4 fully saturated rings. The lowest BCUT2D eigenvalue weighted by Gasteiger charge is -2.51. The number of methoxy groups -OCH3 is 1. The Balaban J connectivity index is 1.26. The number of carbonyl (C=O) groups excluding carboxylic acids is 2. The highest BCUT2D eigenvalue weighted by atomic mass is 16.5. The molecular formula is C33H52N4O4. The number of hydrogen-bond acceptors (Lipinski definition) is 6. The third-order valence-electron chi connectivity index (χ3n) is 11.1. The van der Waals surface area contributed by atoms with E-state index in [4.69, 9.17) is 4.74 Å². The van der Waals surface area contributed by atoms with Gasteiger partial charge in [0.15, 0.2) is 0 Å². The Morgan fingerprint density at radius 3 is 2.32 bits per heavy atom. The second kappa shape index (κ2) is 11.8. The van der Waals surface area contributed by atoms with E-state index >= 15 is 0 Å². The number of nitrogens with zero attached hydrogens (tertiary/aromatic N) is 3. The molecule has 1 aromatic carbocycles. The standard InChI is InChI=1S/C33H52N4O4/c1-24(38)35-16-11-25(12-17-35)34-29-23-31(2,3)28-22-32(4,40)14-15-33(28,29)13-10-30(39)37-20-18-36(19-21-37)26-8-6-7-9-27(26)41-5/h6-9,25,28-29,34,40H,10-23H2,1-5H3/t28-,29-,32-,33-/m0/s1. The number of piperazine rings is 1. The maximum absolute atomic E-state index is 13.7. The zero-order valence-corrected chi connectivity index (χ0v) is 26.0. The summed E-state index contributed by atoms with van der Waals surface area (Å²) < 4.78 is 5.57. The number of rotatable bonds is 7. The SMILES string of the molecule is COc1ccccc1N1CCN(C(=O)CC[C@]23CC[C@](C)(O)C[C@H]2C(C)(C)C[C@@H]3NC2CCN(C(C)=O)CC2)CC1. The van der Waals surface area contributed by atoms with Crippen LogP contribution in [0.15, 0.2) is 24.3 Å². The van der Waals surface area contributed by atoms with Crippen molar-refractivity contribution in [2.24, 2.45) is 16.7 Å². The number of amides is 2. The van der Waals surface area contributed by atoms with Crippen molar-refractivity contribution in [3.8, 4) is 5.75 Å². The van der Waals surface area contributed by atoms with E-state index in [0.29, 0.717) is 24.4 Å². The van der Waals surface area contributed by atoms with Crippen molar-refractivity contribution in [2.45, 2.75) is 96.7 Å². The van der Waals surface area contributed by atoms with Crippen LogP contribution in [0.5, 0.6) is 5.75 Å². The van der Waals surface area contributed by atoms with Crippen molar-refractivity contribution in [2.75, 3.05) is 51.3 Å². The van der Waals surface area contributed by atoms with E-state index < -0.39 is 5.60 Å². The van der Waals surface area contributed by atoms with Crippen LogP contribution >= 0.6 is 0 Å². The van der Waals surface area contributed by atoms with Crippen molar-refractivity contribution >= 4 is 17.5 Å².